The van der Waals surface area contributed by atoms with Crippen molar-refractivity contribution in [1.29, 1.82) is 5.26 Å². The van der Waals surface area contributed by atoms with Gasteiger partial charge in [-0.15, -0.1) is 6.58 Å². The van der Waals surface area contributed by atoms with Gasteiger partial charge in [-0.1, -0.05) is 17.7 Å². The average molecular weight is 307 g/mol. The van der Waals surface area contributed by atoms with Gasteiger partial charge in [0.05, 0.1) is 11.6 Å². The molecule has 0 aliphatic rings. The molecule has 0 aliphatic heterocycles. The zero-order valence-corrected chi connectivity index (χ0v) is 12.3. The first-order valence-corrected chi connectivity index (χ1v) is 6.57. The quantitative estimate of drug-likeness (QED) is 0.481. The molecule has 0 atom stereocenters. The van der Waals surface area contributed by atoms with Crippen LogP contribution in [0.15, 0.2) is 30.4 Å². The number of hydrogen-bond donors (Lipinski definition) is 2. The number of aromatic hydroxyl groups is 1. The SMILES string of the molecule is C=CCNC(=O)C(C#N)=Cc1cc(Cl)c(O)c(OCC)c1. The Hall–Kier alpha value is -2.45. The number of nitriles is 1. The maximum Gasteiger partial charge on any atom is 0.262 e. The van der Waals surface area contributed by atoms with Crippen molar-refractivity contribution >= 4 is 23.6 Å². The minimum absolute atomic E-state index is 0.0796. The second-order valence-corrected chi connectivity index (χ2v) is 4.36. The van der Waals surface area contributed by atoms with Gasteiger partial charge < -0.3 is 15.2 Å². The predicted octanol–water partition coefficient (Wildman–Crippen LogP) is 2.65. The number of carbonyl (C=O) groups excluding carboxylic acids is 1. The van der Waals surface area contributed by atoms with Crippen LogP contribution in [0.4, 0.5) is 0 Å². The van der Waals surface area contributed by atoms with Crippen LogP contribution in [0, 0.1) is 11.3 Å². The average Bonchev–Trinajstić information content (AvgIpc) is 2.47. The second-order valence-electron chi connectivity index (χ2n) is 3.95. The highest BCUT2D eigenvalue weighted by Crippen LogP contribution is 2.35. The topological polar surface area (TPSA) is 82.4 Å². The fourth-order valence-electron chi connectivity index (χ4n) is 1.52. The molecule has 0 aliphatic carbocycles. The van der Waals surface area contributed by atoms with E-state index >= 15 is 0 Å². The van der Waals surface area contributed by atoms with Crippen LogP contribution in [-0.4, -0.2) is 24.2 Å². The summed E-state index contributed by atoms with van der Waals surface area (Å²) < 4.78 is 5.24. The Labute approximate surface area is 128 Å². The zero-order chi connectivity index (χ0) is 15.8. The first kappa shape index (κ1) is 16.6. The van der Waals surface area contributed by atoms with Crippen LogP contribution >= 0.6 is 11.6 Å². The lowest BCUT2D eigenvalue weighted by Crippen LogP contribution is -2.24. The van der Waals surface area contributed by atoms with Gasteiger partial charge >= 0.3 is 0 Å². The van der Waals surface area contributed by atoms with Gasteiger partial charge in [0.25, 0.3) is 5.91 Å². The van der Waals surface area contributed by atoms with Gasteiger partial charge in [0.2, 0.25) is 0 Å². The minimum atomic E-state index is -0.514. The summed E-state index contributed by atoms with van der Waals surface area (Å²) in [6, 6.07) is 4.76. The summed E-state index contributed by atoms with van der Waals surface area (Å²) in [5, 5.41) is 21.4. The molecule has 0 aromatic heterocycles. The Bertz CT molecular complexity index is 618. The molecular formula is C15H15ClN2O3. The predicted molar refractivity (Wildman–Crippen MR) is 81.1 cm³/mol. The largest absolute Gasteiger partial charge is 0.503 e. The van der Waals surface area contributed by atoms with Crippen molar-refractivity contribution in [2.75, 3.05) is 13.2 Å². The fraction of sp³-hybridized carbons (Fsp3) is 0.200. The van der Waals surface area contributed by atoms with Crippen molar-refractivity contribution < 1.29 is 14.6 Å². The third-order valence-electron chi connectivity index (χ3n) is 2.43. The molecule has 0 unspecified atom stereocenters. The summed E-state index contributed by atoms with van der Waals surface area (Å²) in [6.07, 6.45) is 2.88. The van der Waals surface area contributed by atoms with E-state index in [9.17, 15) is 9.90 Å². The number of ether oxygens (including phenoxy) is 1. The van der Waals surface area contributed by atoms with Crippen LogP contribution < -0.4 is 10.1 Å². The van der Waals surface area contributed by atoms with Crippen molar-refractivity contribution in [2.45, 2.75) is 6.92 Å². The molecule has 0 saturated heterocycles. The van der Waals surface area contributed by atoms with Crippen molar-refractivity contribution in [3.8, 4) is 17.6 Å². The number of halogens is 1. The third-order valence-corrected chi connectivity index (χ3v) is 2.72. The van der Waals surface area contributed by atoms with Crippen molar-refractivity contribution in [2.24, 2.45) is 0 Å². The van der Waals surface area contributed by atoms with E-state index in [1.165, 1.54) is 24.3 Å². The van der Waals surface area contributed by atoms with Gasteiger partial charge in [0.15, 0.2) is 11.5 Å². The number of carbonyl (C=O) groups is 1. The van der Waals surface area contributed by atoms with E-state index in [0.29, 0.717) is 12.2 Å². The second kappa shape index (κ2) is 7.98. The summed E-state index contributed by atoms with van der Waals surface area (Å²) in [6.45, 7) is 5.85. The molecular weight excluding hydrogens is 292 g/mol. The van der Waals surface area contributed by atoms with Gasteiger partial charge in [-0.3, -0.25) is 4.79 Å². The number of benzene rings is 1. The monoisotopic (exact) mass is 306 g/mol. The molecule has 1 aromatic rings. The molecule has 0 heterocycles. The number of nitrogens with zero attached hydrogens (tertiary/aromatic N) is 1. The van der Waals surface area contributed by atoms with Gasteiger partial charge in [-0.2, -0.15) is 5.26 Å². The molecule has 5 nitrogen and oxygen atoms in total. The molecule has 6 heteroatoms. The van der Waals surface area contributed by atoms with E-state index in [0.717, 1.165) is 0 Å². The Morgan fingerprint density at radius 1 is 1.62 bits per heavy atom. The van der Waals surface area contributed by atoms with E-state index in [-0.39, 0.29) is 28.6 Å². The van der Waals surface area contributed by atoms with Gasteiger partial charge in [0.1, 0.15) is 11.6 Å². The van der Waals surface area contributed by atoms with Crippen molar-refractivity contribution in [3.05, 3.63) is 40.9 Å². The first-order chi connectivity index (χ1) is 10.0. The molecule has 1 aromatic carbocycles. The summed E-state index contributed by atoms with van der Waals surface area (Å²) in [5.74, 6) is -0.495. The Morgan fingerprint density at radius 2 is 2.33 bits per heavy atom. The number of amides is 1. The molecule has 0 fully saturated rings. The third kappa shape index (κ3) is 4.55. The maximum atomic E-state index is 11.7. The Kier molecular flexibility index (Phi) is 6.31. The standard InChI is InChI=1S/C15H15ClN2O3/c1-3-5-18-15(20)11(9-17)6-10-7-12(16)14(19)13(8-10)21-4-2/h3,6-8,19H,1,4-5H2,2H3,(H,18,20). The number of rotatable bonds is 6. The van der Waals surface area contributed by atoms with Crippen molar-refractivity contribution in [1.82, 2.24) is 5.32 Å². The number of nitrogens with one attached hydrogen (secondary N) is 1. The highest BCUT2D eigenvalue weighted by molar-refractivity contribution is 6.32. The zero-order valence-electron chi connectivity index (χ0n) is 11.5. The summed E-state index contributed by atoms with van der Waals surface area (Å²) in [7, 11) is 0. The lowest BCUT2D eigenvalue weighted by atomic mass is 10.1. The highest BCUT2D eigenvalue weighted by atomic mass is 35.5. The lowest BCUT2D eigenvalue weighted by Gasteiger charge is -2.08. The normalized spacial score (nSPS) is 10.6. The smallest absolute Gasteiger partial charge is 0.262 e. The number of phenols is 1. The highest BCUT2D eigenvalue weighted by Gasteiger charge is 2.12. The van der Waals surface area contributed by atoms with Crippen LogP contribution in [0.25, 0.3) is 6.08 Å². The van der Waals surface area contributed by atoms with E-state index in [1.807, 2.05) is 6.07 Å². The molecule has 0 bridgehead atoms. The molecule has 0 radical (unpaired) electrons. The Balaban J connectivity index is 3.14. The summed E-state index contributed by atoms with van der Waals surface area (Å²) in [4.78, 5) is 11.7. The molecule has 0 spiro atoms. The lowest BCUT2D eigenvalue weighted by molar-refractivity contribution is -0.116. The maximum absolute atomic E-state index is 11.7. The molecule has 1 rings (SSSR count). The van der Waals surface area contributed by atoms with Crippen molar-refractivity contribution in [3.63, 3.8) is 0 Å². The van der Waals surface area contributed by atoms with Crippen LogP contribution in [0.3, 0.4) is 0 Å². The minimum Gasteiger partial charge on any atom is -0.503 e. The summed E-state index contributed by atoms with van der Waals surface area (Å²) in [5.41, 5.74) is 0.396. The fourth-order valence-corrected chi connectivity index (χ4v) is 1.74. The molecule has 110 valence electrons. The molecule has 0 saturated carbocycles. The number of phenolic OH excluding ortho intramolecular Hbond substituents is 1. The first-order valence-electron chi connectivity index (χ1n) is 6.19. The van der Waals surface area contributed by atoms with E-state index in [2.05, 4.69) is 11.9 Å². The van der Waals surface area contributed by atoms with Crippen LogP contribution in [0.5, 0.6) is 11.5 Å². The van der Waals surface area contributed by atoms with Gasteiger partial charge in [-0.05, 0) is 30.7 Å². The van der Waals surface area contributed by atoms with Crippen LogP contribution in [0.1, 0.15) is 12.5 Å². The van der Waals surface area contributed by atoms with Gasteiger partial charge in [-0.25, -0.2) is 0 Å². The molecule has 2 N–H and O–H groups in total. The van der Waals surface area contributed by atoms with Crippen LogP contribution in [-0.2, 0) is 4.79 Å². The van der Waals surface area contributed by atoms with Gasteiger partial charge in [0, 0.05) is 6.54 Å². The van der Waals surface area contributed by atoms with Crippen LogP contribution in [0.2, 0.25) is 5.02 Å². The molecule has 1 amide bonds. The molecule has 21 heavy (non-hydrogen) atoms. The summed E-state index contributed by atoms with van der Waals surface area (Å²) >= 11 is 5.89. The van der Waals surface area contributed by atoms with E-state index in [1.54, 1.807) is 6.92 Å². The van der Waals surface area contributed by atoms with E-state index in [4.69, 9.17) is 21.6 Å². The Morgan fingerprint density at radius 3 is 2.90 bits per heavy atom. The number of hydrogen-bond acceptors (Lipinski definition) is 4. The van der Waals surface area contributed by atoms with E-state index < -0.39 is 5.91 Å².